The Balaban J connectivity index is 1.72. The van der Waals surface area contributed by atoms with Crippen molar-refractivity contribution < 1.29 is 9.53 Å². The molecule has 0 spiro atoms. The predicted octanol–water partition coefficient (Wildman–Crippen LogP) is 3.46. The van der Waals surface area contributed by atoms with Gasteiger partial charge in [-0.15, -0.1) is 11.3 Å². The standard InChI is InChI=1S/C20H26N2O2S/c1-14(2)15-5-7-16(8-6-15)20(18-4-3-11-25-18)22-19(23)12-17-13-24-10-9-21-17/h3-8,11,14,17,20-21H,9-10,12-13H2,1-2H3,(H,22,23). The second kappa shape index (κ2) is 8.61. The molecule has 1 amide bonds. The van der Waals surface area contributed by atoms with E-state index < -0.39 is 0 Å². The molecule has 2 heterocycles. The highest BCUT2D eigenvalue weighted by Gasteiger charge is 2.22. The topological polar surface area (TPSA) is 50.4 Å². The fraction of sp³-hybridized carbons (Fsp3) is 0.450. The Morgan fingerprint density at radius 1 is 1.28 bits per heavy atom. The van der Waals surface area contributed by atoms with E-state index in [0.29, 0.717) is 18.9 Å². The van der Waals surface area contributed by atoms with E-state index in [2.05, 4.69) is 54.8 Å². The third-order valence-corrected chi connectivity index (χ3v) is 5.44. The number of thiophene rings is 1. The lowest BCUT2D eigenvalue weighted by Crippen LogP contribution is -2.44. The van der Waals surface area contributed by atoms with Crippen LogP contribution in [0.15, 0.2) is 41.8 Å². The van der Waals surface area contributed by atoms with E-state index in [9.17, 15) is 4.79 Å². The molecule has 2 unspecified atom stereocenters. The van der Waals surface area contributed by atoms with Gasteiger partial charge in [-0.1, -0.05) is 44.2 Å². The first-order chi connectivity index (χ1) is 12.1. The molecule has 1 aromatic heterocycles. The highest BCUT2D eigenvalue weighted by molar-refractivity contribution is 7.10. The fourth-order valence-electron chi connectivity index (χ4n) is 3.04. The van der Waals surface area contributed by atoms with Crippen molar-refractivity contribution in [3.8, 4) is 0 Å². The summed E-state index contributed by atoms with van der Waals surface area (Å²) in [6.45, 7) is 6.50. The number of hydrogen-bond donors (Lipinski definition) is 2. The number of morpholine rings is 1. The highest BCUT2D eigenvalue weighted by atomic mass is 32.1. The molecule has 0 bridgehead atoms. The van der Waals surface area contributed by atoms with Crippen molar-refractivity contribution in [2.45, 2.75) is 38.3 Å². The summed E-state index contributed by atoms with van der Waals surface area (Å²) in [5, 5.41) is 8.59. The minimum absolute atomic E-state index is 0.0503. The van der Waals surface area contributed by atoms with Crippen LogP contribution in [0.4, 0.5) is 0 Å². The monoisotopic (exact) mass is 358 g/mol. The van der Waals surface area contributed by atoms with Gasteiger partial charge in [0.1, 0.15) is 0 Å². The Morgan fingerprint density at radius 3 is 2.64 bits per heavy atom. The molecule has 1 saturated heterocycles. The number of benzene rings is 1. The molecule has 2 atom stereocenters. The maximum Gasteiger partial charge on any atom is 0.222 e. The molecule has 2 aromatic rings. The number of ether oxygens (including phenoxy) is 1. The summed E-state index contributed by atoms with van der Waals surface area (Å²) in [5.41, 5.74) is 2.43. The summed E-state index contributed by atoms with van der Waals surface area (Å²) in [5.74, 6) is 0.551. The van der Waals surface area contributed by atoms with Crippen LogP contribution >= 0.6 is 11.3 Å². The van der Waals surface area contributed by atoms with Crippen molar-refractivity contribution in [2.75, 3.05) is 19.8 Å². The van der Waals surface area contributed by atoms with Gasteiger partial charge in [0.05, 0.1) is 19.3 Å². The molecule has 0 radical (unpaired) electrons. The van der Waals surface area contributed by atoms with Crippen LogP contribution in [0.3, 0.4) is 0 Å². The average Bonchev–Trinajstić information content (AvgIpc) is 3.15. The Bertz CT molecular complexity index is 662. The molecule has 3 rings (SSSR count). The number of carbonyl (C=O) groups excluding carboxylic acids is 1. The van der Waals surface area contributed by atoms with E-state index in [1.165, 1.54) is 5.56 Å². The lowest BCUT2D eigenvalue weighted by atomic mass is 9.98. The Hall–Kier alpha value is -1.69. The molecule has 1 aliphatic heterocycles. The number of rotatable bonds is 6. The van der Waals surface area contributed by atoms with Crippen LogP contribution < -0.4 is 10.6 Å². The summed E-state index contributed by atoms with van der Waals surface area (Å²) in [6, 6.07) is 12.7. The summed E-state index contributed by atoms with van der Waals surface area (Å²) >= 11 is 1.67. The van der Waals surface area contributed by atoms with E-state index in [-0.39, 0.29) is 18.0 Å². The van der Waals surface area contributed by atoms with E-state index in [1.807, 2.05) is 11.4 Å². The Labute approximate surface area is 153 Å². The van der Waals surface area contributed by atoms with Gasteiger partial charge in [0.2, 0.25) is 5.91 Å². The van der Waals surface area contributed by atoms with Crippen molar-refractivity contribution in [3.05, 3.63) is 57.8 Å². The first-order valence-corrected chi connectivity index (χ1v) is 9.75. The SMILES string of the molecule is CC(C)c1ccc(C(NC(=O)CC2COCCN2)c2cccs2)cc1. The summed E-state index contributed by atoms with van der Waals surface area (Å²) in [7, 11) is 0. The van der Waals surface area contributed by atoms with Crippen molar-refractivity contribution in [3.63, 3.8) is 0 Å². The zero-order valence-electron chi connectivity index (χ0n) is 14.8. The number of carbonyl (C=O) groups is 1. The quantitative estimate of drug-likeness (QED) is 0.831. The molecular weight excluding hydrogens is 332 g/mol. The summed E-state index contributed by atoms with van der Waals surface area (Å²) < 4.78 is 5.44. The maximum absolute atomic E-state index is 12.6. The van der Waals surface area contributed by atoms with E-state index in [4.69, 9.17) is 4.74 Å². The lowest BCUT2D eigenvalue weighted by molar-refractivity contribution is -0.122. The van der Waals surface area contributed by atoms with Gasteiger partial charge in [-0.2, -0.15) is 0 Å². The molecule has 1 fully saturated rings. The van der Waals surface area contributed by atoms with Crippen molar-refractivity contribution in [1.29, 1.82) is 0 Å². The van der Waals surface area contributed by atoms with Gasteiger partial charge < -0.3 is 15.4 Å². The smallest absolute Gasteiger partial charge is 0.222 e. The molecule has 5 heteroatoms. The molecule has 0 aliphatic carbocycles. The molecule has 2 N–H and O–H groups in total. The second-order valence-electron chi connectivity index (χ2n) is 6.77. The first-order valence-electron chi connectivity index (χ1n) is 8.87. The fourth-order valence-corrected chi connectivity index (χ4v) is 3.84. The Kier molecular flexibility index (Phi) is 6.24. The second-order valence-corrected chi connectivity index (χ2v) is 7.75. The van der Waals surface area contributed by atoms with Crippen molar-refractivity contribution in [1.82, 2.24) is 10.6 Å². The molecule has 1 aliphatic rings. The highest BCUT2D eigenvalue weighted by Crippen LogP contribution is 2.27. The van der Waals surface area contributed by atoms with E-state index >= 15 is 0 Å². The van der Waals surface area contributed by atoms with E-state index in [0.717, 1.165) is 23.6 Å². The van der Waals surface area contributed by atoms with Gasteiger partial charge >= 0.3 is 0 Å². The van der Waals surface area contributed by atoms with E-state index in [1.54, 1.807) is 11.3 Å². The van der Waals surface area contributed by atoms with Gasteiger partial charge in [0.15, 0.2) is 0 Å². The predicted molar refractivity (Wildman–Crippen MR) is 102 cm³/mol. The van der Waals surface area contributed by atoms with Crippen LogP contribution in [0.25, 0.3) is 0 Å². The zero-order chi connectivity index (χ0) is 17.6. The van der Waals surface area contributed by atoms with Crippen LogP contribution in [-0.4, -0.2) is 31.7 Å². The molecule has 0 saturated carbocycles. The van der Waals surface area contributed by atoms with Gasteiger partial charge in [0.25, 0.3) is 0 Å². The van der Waals surface area contributed by atoms with Gasteiger partial charge in [-0.25, -0.2) is 0 Å². The number of hydrogen-bond acceptors (Lipinski definition) is 4. The largest absolute Gasteiger partial charge is 0.378 e. The minimum Gasteiger partial charge on any atom is -0.378 e. The van der Waals surface area contributed by atoms with Gasteiger partial charge in [0, 0.05) is 23.9 Å². The maximum atomic E-state index is 12.6. The van der Waals surface area contributed by atoms with Crippen LogP contribution in [0.1, 0.15) is 48.2 Å². The molecule has 1 aromatic carbocycles. The summed E-state index contributed by atoms with van der Waals surface area (Å²) in [4.78, 5) is 13.7. The number of amides is 1. The van der Waals surface area contributed by atoms with Gasteiger partial charge in [-0.3, -0.25) is 4.79 Å². The van der Waals surface area contributed by atoms with Crippen molar-refractivity contribution >= 4 is 17.2 Å². The lowest BCUT2D eigenvalue weighted by Gasteiger charge is -2.25. The number of nitrogens with one attached hydrogen (secondary N) is 2. The molecule has 4 nitrogen and oxygen atoms in total. The van der Waals surface area contributed by atoms with Crippen molar-refractivity contribution in [2.24, 2.45) is 0 Å². The van der Waals surface area contributed by atoms with Crippen LogP contribution in [-0.2, 0) is 9.53 Å². The first kappa shape index (κ1) is 18.1. The average molecular weight is 359 g/mol. The molecular formula is C20H26N2O2S. The molecule has 25 heavy (non-hydrogen) atoms. The third kappa shape index (κ3) is 4.91. The van der Waals surface area contributed by atoms with Gasteiger partial charge in [-0.05, 0) is 28.5 Å². The Morgan fingerprint density at radius 2 is 2.04 bits per heavy atom. The third-order valence-electron chi connectivity index (χ3n) is 4.50. The van der Waals surface area contributed by atoms with Crippen LogP contribution in [0, 0.1) is 0 Å². The summed E-state index contributed by atoms with van der Waals surface area (Å²) in [6.07, 6.45) is 0.436. The zero-order valence-corrected chi connectivity index (χ0v) is 15.6. The molecule has 134 valence electrons. The van der Waals surface area contributed by atoms with Crippen LogP contribution in [0.5, 0.6) is 0 Å². The van der Waals surface area contributed by atoms with Crippen LogP contribution in [0.2, 0.25) is 0 Å². The minimum atomic E-state index is -0.0989. The normalized spacial score (nSPS) is 18.9.